The number of fused-ring (bicyclic) bond motifs is 6. The Bertz CT molecular complexity index is 1740. The standard InChI is InChI=1S/C28H17N3O/c1-3-13-23-21(9-1)27-24(14-7-17-29-27)31(23)26-16-6-12-22(30-26)20-11-5-10-19-18-8-2-4-15-25(18)32-28(19)20/h1-17H. The first-order chi connectivity index (χ1) is 15.9. The van der Waals surface area contributed by atoms with Crippen molar-refractivity contribution >= 4 is 43.9 Å². The van der Waals surface area contributed by atoms with Gasteiger partial charge in [-0.3, -0.25) is 9.55 Å². The zero-order valence-corrected chi connectivity index (χ0v) is 17.1. The first-order valence-electron chi connectivity index (χ1n) is 10.6. The molecule has 7 rings (SSSR count). The number of pyridine rings is 2. The maximum atomic E-state index is 6.25. The molecule has 7 aromatic rings. The van der Waals surface area contributed by atoms with Gasteiger partial charge in [0.05, 0.1) is 22.2 Å². The molecule has 0 amide bonds. The molecule has 0 radical (unpaired) electrons. The molecule has 0 unspecified atom stereocenters. The third-order valence-corrected chi connectivity index (χ3v) is 6.07. The molecule has 0 aliphatic heterocycles. The third kappa shape index (κ3) is 2.38. The van der Waals surface area contributed by atoms with Crippen molar-refractivity contribution < 1.29 is 4.42 Å². The number of rotatable bonds is 2. The Morgan fingerprint density at radius 3 is 2.38 bits per heavy atom. The summed E-state index contributed by atoms with van der Waals surface area (Å²) in [7, 11) is 0. The van der Waals surface area contributed by atoms with E-state index in [9.17, 15) is 0 Å². The van der Waals surface area contributed by atoms with Crippen LogP contribution in [0.5, 0.6) is 0 Å². The maximum absolute atomic E-state index is 6.25. The molecule has 4 nitrogen and oxygen atoms in total. The fraction of sp³-hybridized carbons (Fsp3) is 0. The summed E-state index contributed by atoms with van der Waals surface area (Å²) in [6.07, 6.45) is 1.84. The number of hydrogen-bond acceptors (Lipinski definition) is 3. The van der Waals surface area contributed by atoms with Crippen LogP contribution in [-0.4, -0.2) is 14.5 Å². The lowest BCUT2D eigenvalue weighted by Crippen LogP contribution is -1.98. The zero-order valence-electron chi connectivity index (χ0n) is 17.1. The van der Waals surface area contributed by atoms with Gasteiger partial charge in [-0.2, -0.15) is 0 Å². The van der Waals surface area contributed by atoms with Crippen LogP contribution in [0.25, 0.3) is 61.0 Å². The molecule has 0 aliphatic carbocycles. The molecule has 0 spiro atoms. The van der Waals surface area contributed by atoms with E-state index in [1.54, 1.807) is 0 Å². The highest BCUT2D eigenvalue weighted by molar-refractivity contribution is 6.09. The van der Waals surface area contributed by atoms with Gasteiger partial charge in [-0.15, -0.1) is 0 Å². The van der Waals surface area contributed by atoms with Gasteiger partial charge in [0.15, 0.2) is 0 Å². The minimum atomic E-state index is 0.856. The van der Waals surface area contributed by atoms with Gasteiger partial charge in [0.2, 0.25) is 0 Å². The van der Waals surface area contributed by atoms with Gasteiger partial charge in [0.1, 0.15) is 17.0 Å². The van der Waals surface area contributed by atoms with Crippen LogP contribution in [-0.2, 0) is 0 Å². The molecule has 0 bridgehead atoms. The average molecular weight is 411 g/mol. The van der Waals surface area contributed by atoms with Crippen molar-refractivity contribution in [2.75, 3.05) is 0 Å². The topological polar surface area (TPSA) is 43.9 Å². The summed E-state index contributed by atoms with van der Waals surface area (Å²) in [5, 5.41) is 3.34. The summed E-state index contributed by atoms with van der Waals surface area (Å²) >= 11 is 0. The Labute approximate surface area is 183 Å². The first-order valence-corrected chi connectivity index (χ1v) is 10.6. The summed E-state index contributed by atoms with van der Waals surface area (Å²) in [6, 6.07) is 32.9. The molecule has 150 valence electrons. The predicted molar refractivity (Wildman–Crippen MR) is 129 cm³/mol. The Kier molecular flexibility index (Phi) is 3.52. The van der Waals surface area contributed by atoms with Gasteiger partial charge in [0, 0.05) is 27.9 Å². The fourth-order valence-electron chi connectivity index (χ4n) is 4.68. The number of furan rings is 1. The van der Waals surface area contributed by atoms with Crippen molar-refractivity contribution in [2.45, 2.75) is 0 Å². The number of nitrogens with zero attached hydrogens (tertiary/aromatic N) is 3. The molecular weight excluding hydrogens is 394 g/mol. The van der Waals surface area contributed by atoms with Gasteiger partial charge < -0.3 is 4.42 Å². The number of benzene rings is 3. The van der Waals surface area contributed by atoms with E-state index < -0.39 is 0 Å². The lowest BCUT2D eigenvalue weighted by atomic mass is 10.1. The van der Waals surface area contributed by atoms with Crippen LogP contribution in [0.1, 0.15) is 0 Å². The number of hydrogen-bond donors (Lipinski definition) is 0. The van der Waals surface area contributed by atoms with E-state index in [2.05, 4.69) is 64.1 Å². The molecule has 4 heterocycles. The van der Waals surface area contributed by atoms with E-state index in [4.69, 9.17) is 9.40 Å². The molecule has 0 saturated carbocycles. The highest BCUT2D eigenvalue weighted by atomic mass is 16.3. The van der Waals surface area contributed by atoms with Crippen LogP contribution in [0.2, 0.25) is 0 Å². The van der Waals surface area contributed by atoms with Crippen molar-refractivity contribution in [1.82, 2.24) is 14.5 Å². The normalized spacial score (nSPS) is 11.8. The van der Waals surface area contributed by atoms with Gasteiger partial charge in [-0.1, -0.05) is 54.6 Å². The molecule has 0 aliphatic rings. The number of aromatic nitrogens is 3. The largest absolute Gasteiger partial charge is 0.455 e. The van der Waals surface area contributed by atoms with E-state index in [0.29, 0.717) is 0 Å². The van der Waals surface area contributed by atoms with Crippen molar-refractivity contribution in [3.8, 4) is 17.1 Å². The second-order valence-corrected chi connectivity index (χ2v) is 7.89. The Hall–Kier alpha value is -4.44. The van der Waals surface area contributed by atoms with Crippen LogP contribution in [0.15, 0.2) is 108 Å². The van der Waals surface area contributed by atoms with Crippen LogP contribution >= 0.6 is 0 Å². The van der Waals surface area contributed by atoms with Crippen LogP contribution in [0, 0.1) is 0 Å². The highest BCUT2D eigenvalue weighted by Crippen LogP contribution is 2.36. The molecular formula is C28H17N3O. The SMILES string of the molecule is c1cc(-c2cccc3c2oc2ccccc23)nc(-n2c3ccccc3c3ncccc32)c1. The zero-order chi connectivity index (χ0) is 21.1. The van der Waals surface area contributed by atoms with Gasteiger partial charge in [-0.05, 0) is 42.5 Å². The van der Waals surface area contributed by atoms with Crippen molar-refractivity contribution in [2.24, 2.45) is 0 Å². The summed E-state index contributed by atoms with van der Waals surface area (Å²) in [5.41, 5.74) is 6.73. The Balaban J connectivity index is 1.50. The molecule has 0 atom stereocenters. The monoisotopic (exact) mass is 411 g/mol. The third-order valence-electron chi connectivity index (χ3n) is 6.07. The van der Waals surface area contributed by atoms with Gasteiger partial charge in [-0.25, -0.2) is 4.98 Å². The second-order valence-electron chi connectivity index (χ2n) is 7.89. The van der Waals surface area contributed by atoms with E-state index in [0.717, 1.165) is 61.0 Å². The number of para-hydroxylation sites is 3. The first kappa shape index (κ1) is 17.3. The molecule has 0 fully saturated rings. The van der Waals surface area contributed by atoms with E-state index in [1.807, 2.05) is 48.7 Å². The smallest absolute Gasteiger partial charge is 0.144 e. The Morgan fingerprint density at radius 2 is 1.41 bits per heavy atom. The molecule has 0 saturated heterocycles. The van der Waals surface area contributed by atoms with Crippen molar-refractivity contribution in [3.05, 3.63) is 103 Å². The molecule has 0 N–H and O–H groups in total. The maximum Gasteiger partial charge on any atom is 0.144 e. The molecule has 4 aromatic heterocycles. The van der Waals surface area contributed by atoms with Crippen LogP contribution < -0.4 is 0 Å². The van der Waals surface area contributed by atoms with Gasteiger partial charge in [0.25, 0.3) is 0 Å². The minimum absolute atomic E-state index is 0.856. The highest BCUT2D eigenvalue weighted by Gasteiger charge is 2.16. The Morgan fingerprint density at radius 1 is 0.625 bits per heavy atom. The van der Waals surface area contributed by atoms with E-state index in [1.165, 1.54) is 0 Å². The van der Waals surface area contributed by atoms with Crippen LogP contribution in [0.4, 0.5) is 0 Å². The predicted octanol–water partition coefficient (Wildman–Crippen LogP) is 7.14. The summed E-state index contributed by atoms with van der Waals surface area (Å²) < 4.78 is 8.43. The van der Waals surface area contributed by atoms with E-state index in [-0.39, 0.29) is 0 Å². The van der Waals surface area contributed by atoms with Crippen molar-refractivity contribution in [1.29, 1.82) is 0 Å². The summed E-state index contributed by atoms with van der Waals surface area (Å²) in [4.78, 5) is 9.72. The quantitative estimate of drug-likeness (QED) is 0.304. The molecule has 4 heteroatoms. The van der Waals surface area contributed by atoms with Crippen LogP contribution in [0.3, 0.4) is 0 Å². The van der Waals surface area contributed by atoms with Gasteiger partial charge >= 0.3 is 0 Å². The average Bonchev–Trinajstić information content (AvgIpc) is 3.40. The lowest BCUT2D eigenvalue weighted by molar-refractivity contribution is 0.670. The minimum Gasteiger partial charge on any atom is -0.455 e. The molecule has 3 aromatic carbocycles. The molecule has 32 heavy (non-hydrogen) atoms. The summed E-state index contributed by atoms with van der Waals surface area (Å²) in [6.45, 7) is 0. The van der Waals surface area contributed by atoms with Crippen molar-refractivity contribution in [3.63, 3.8) is 0 Å². The fourth-order valence-corrected chi connectivity index (χ4v) is 4.68. The summed E-state index contributed by atoms with van der Waals surface area (Å²) in [5.74, 6) is 0.856. The lowest BCUT2D eigenvalue weighted by Gasteiger charge is -2.09. The van der Waals surface area contributed by atoms with E-state index >= 15 is 0 Å². The second kappa shape index (κ2) is 6.53.